The third-order valence-corrected chi connectivity index (χ3v) is 3.87. The van der Waals surface area contributed by atoms with Crippen LogP contribution in [0.5, 0.6) is 0 Å². The number of fused-ring (bicyclic) bond motifs is 1. The Morgan fingerprint density at radius 2 is 2.21 bits per heavy atom. The van der Waals surface area contributed by atoms with Gasteiger partial charge in [-0.15, -0.1) is 0 Å². The number of para-hydroxylation sites is 1. The number of H-pyrrole nitrogens is 1. The summed E-state index contributed by atoms with van der Waals surface area (Å²) in [6, 6.07) is 7.80. The largest absolute Gasteiger partial charge is 0.396 e. The number of aromatic nitrogens is 1. The zero-order chi connectivity index (χ0) is 13.8. The summed E-state index contributed by atoms with van der Waals surface area (Å²) < 4.78 is 0.787. The second-order valence-corrected chi connectivity index (χ2v) is 5.39. The minimum Gasteiger partial charge on any atom is -0.396 e. The first-order valence-corrected chi connectivity index (χ1v) is 7.10. The minimum absolute atomic E-state index is 0.0398. The van der Waals surface area contributed by atoms with Gasteiger partial charge in [-0.05, 0) is 41.8 Å². The molecular weight excluding hydrogens is 308 g/mol. The van der Waals surface area contributed by atoms with E-state index in [9.17, 15) is 4.79 Å². The Balaban J connectivity index is 2.15. The first kappa shape index (κ1) is 14.1. The van der Waals surface area contributed by atoms with E-state index in [2.05, 4.69) is 26.2 Å². The van der Waals surface area contributed by atoms with Gasteiger partial charge in [0.15, 0.2) is 0 Å². The first-order chi connectivity index (χ1) is 9.13. The second kappa shape index (κ2) is 6.21. The molecule has 19 heavy (non-hydrogen) atoms. The quantitative estimate of drug-likeness (QED) is 0.791. The topological polar surface area (TPSA) is 65.1 Å². The van der Waals surface area contributed by atoms with Crippen molar-refractivity contribution in [2.75, 3.05) is 6.61 Å². The van der Waals surface area contributed by atoms with Crippen LogP contribution in [0.3, 0.4) is 0 Å². The van der Waals surface area contributed by atoms with Crippen LogP contribution in [0.25, 0.3) is 10.9 Å². The van der Waals surface area contributed by atoms with Crippen LogP contribution < -0.4 is 5.32 Å². The Kier molecular flexibility index (Phi) is 4.61. The van der Waals surface area contributed by atoms with Crippen LogP contribution in [0.4, 0.5) is 0 Å². The fourth-order valence-corrected chi connectivity index (χ4v) is 2.65. The second-order valence-electron chi connectivity index (χ2n) is 4.60. The summed E-state index contributed by atoms with van der Waals surface area (Å²) in [6.45, 7) is 2.08. The summed E-state index contributed by atoms with van der Waals surface area (Å²) in [7, 11) is 0. The standard InChI is InChI=1S/C14H17BrN2O2/c1-9(5-4-8-18)16-14(19)13-12(15)10-6-2-3-7-11(10)17-13/h2-3,6-7,9,17-18H,4-5,8H2,1H3,(H,16,19). The molecule has 3 N–H and O–H groups in total. The minimum atomic E-state index is -0.131. The maximum atomic E-state index is 12.2. The monoisotopic (exact) mass is 324 g/mol. The number of hydrogen-bond acceptors (Lipinski definition) is 2. The van der Waals surface area contributed by atoms with Crippen molar-refractivity contribution in [3.63, 3.8) is 0 Å². The summed E-state index contributed by atoms with van der Waals surface area (Å²) >= 11 is 3.46. The van der Waals surface area contributed by atoms with Gasteiger partial charge >= 0.3 is 0 Å². The van der Waals surface area contributed by atoms with Crippen LogP contribution >= 0.6 is 15.9 Å². The fraction of sp³-hybridized carbons (Fsp3) is 0.357. The molecule has 1 unspecified atom stereocenters. The smallest absolute Gasteiger partial charge is 0.269 e. The molecule has 0 radical (unpaired) electrons. The Hall–Kier alpha value is -1.33. The SMILES string of the molecule is CC(CCCO)NC(=O)c1[nH]c2ccccc2c1Br. The average Bonchev–Trinajstić information content (AvgIpc) is 2.74. The van der Waals surface area contributed by atoms with Gasteiger partial charge in [-0.25, -0.2) is 0 Å². The summed E-state index contributed by atoms with van der Waals surface area (Å²) in [5, 5.41) is 12.7. The lowest BCUT2D eigenvalue weighted by Crippen LogP contribution is -2.33. The van der Waals surface area contributed by atoms with Crippen LogP contribution in [0.1, 0.15) is 30.3 Å². The molecule has 0 saturated heterocycles. The Morgan fingerprint density at radius 3 is 2.89 bits per heavy atom. The van der Waals surface area contributed by atoms with Crippen molar-refractivity contribution in [3.8, 4) is 0 Å². The number of halogens is 1. The van der Waals surface area contributed by atoms with E-state index in [0.29, 0.717) is 12.1 Å². The highest BCUT2D eigenvalue weighted by atomic mass is 79.9. The zero-order valence-electron chi connectivity index (χ0n) is 10.7. The zero-order valence-corrected chi connectivity index (χ0v) is 12.3. The molecule has 0 aliphatic carbocycles. The molecule has 0 aliphatic rings. The van der Waals surface area contributed by atoms with Crippen LogP contribution in [-0.4, -0.2) is 28.6 Å². The number of aliphatic hydroxyl groups excluding tert-OH is 1. The van der Waals surface area contributed by atoms with E-state index in [1.54, 1.807) is 0 Å². The number of hydrogen-bond donors (Lipinski definition) is 3. The molecule has 1 amide bonds. The number of benzene rings is 1. The molecule has 0 saturated carbocycles. The maximum absolute atomic E-state index is 12.2. The molecule has 2 rings (SSSR count). The molecule has 0 fully saturated rings. The summed E-state index contributed by atoms with van der Waals surface area (Å²) in [4.78, 5) is 15.3. The molecule has 5 heteroatoms. The molecule has 0 spiro atoms. The van der Waals surface area contributed by atoms with Gasteiger partial charge in [-0.3, -0.25) is 4.79 Å². The highest BCUT2D eigenvalue weighted by Gasteiger charge is 2.17. The van der Waals surface area contributed by atoms with E-state index in [1.807, 2.05) is 31.2 Å². The number of carbonyl (C=O) groups is 1. The molecule has 0 bridgehead atoms. The number of aromatic amines is 1. The van der Waals surface area contributed by atoms with Crippen molar-refractivity contribution >= 4 is 32.7 Å². The normalized spacial score (nSPS) is 12.6. The van der Waals surface area contributed by atoms with Gasteiger partial charge in [-0.1, -0.05) is 18.2 Å². The lowest BCUT2D eigenvalue weighted by molar-refractivity contribution is 0.0931. The van der Waals surface area contributed by atoms with Gasteiger partial charge in [0.25, 0.3) is 5.91 Å². The number of nitrogens with one attached hydrogen (secondary N) is 2. The van der Waals surface area contributed by atoms with Crippen LogP contribution in [0.2, 0.25) is 0 Å². The van der Waals surface area contributed by atoms with Gasteiger partial charge in [0.1, 0.15) is 5.69 Å². The molecular formula is C14H17BrN2O2. The fourth-order valence-electron chi connectivity index (χ4n) is 2.03. The first-order valence-electron chi connectivity index (χ1n) is 6.31. The van der Waals surface area contributed by atoms with Crippen LogP contribution in [0.15, 0.2) is 28.7 Å². The van der Waals surface area contributed by atoms with Gasteiger partial charge < -0.3 is 15.4 Å². The highest BCUT2D eigenvalue weighted by molar-refractivity contribution is 9.10. The van der Waals surface area contributed by atoms with Gasteiger partial charge in [0.2, 0.25) is 0 Å². The molecule has 1 aromatic carbocycles. The maximum Gasteiger partial charge on any atom is 0.269 e. The third-order valence-electron chi connectivity index (χ3n) is 3.04. The van der Waals surface area contributed by atoms with E-state index < -0.39 is 0 Å². The van der Waals surface area contributed by atoms with Crippen molar-refractivity contribution in [2.24, 2.45) is 0 Å². The van der Waals surface area contributed by atoms with E-state index in [-0.39, 0.29) is 18.6 Å². The number of rotatable bonds is 5. The van der Waals surface area contributed by atoms with Gasteiger partial charge in [0.05, 0.1) is 4.47 Å². The summed E-state index contributed by atoms with van der Waals surface area (Å²) in [5.41, 5.74) is 1.47. The average molecular weight is 325 g/mol. The third kappa shape index (κ3) is 3.16. The number of carbonyl (C=O) groups excluding carboxylic acids is 1. The number of aliphatic hydroxyl groups is 1. The van der Waals surface area contributed by atoms with Crippen molar-refractivity contribution < 1.29 is 9.90 Å². The predicted octanol–water partition coefficient (Wildman–Crippen LogP) is 2.82. The lowest BCUT2D eigenvalue weighted by atomic mass is 10.2. The summed E-state index contributed by atoms with van der Waals surface area (Å²) in [5.74, 6) is -0.131. The van der Waals surface area contributed by atoms with Crippen molar-refractivity contribution in [3.05, 3.63) is 34.4 Å². The van der Waals surface area contributed by atoms with E-state index in [4.69, 9.17) is 5.11 Å². The van der Waals surface area contributed by atoms with Crippen molar-refractivity contribution in [1.29, 1.82) is 0 Å². The molecule has 2 aromatic rings. The summed E-state index contributed by atoms with van der Waals surface area (Å²) in [6.07, 6.45) is 1.45. The van der Waals surface area contributed by atoms with Crippen molar-refractivity contribution in [2.45, 2.75) is 25.8 Å². The number of amides is 1. The Bertz CT molecular complexity index is 580. The molecule has 0 aliphatic heterocycles. The van der Waals surface area contributed by atoms with E-state index >= 15 is 0 Å². The van der Waals surface area contributed by atoms with Crippen LogP contribution in [0, 0.1) is 0 Å². The van der Waals surface area contributed by atoms with Gasteiger partial charge in [-0.2, -0.15) is 0 Å². The molecule has 102 valence electrons. The molecule has 1 aromatic heterocycles. The predicted molar refractivity (Wildman–Crippen MR) is 79.2 cm³/mol. The molecule has 1 atom stereocenters. The molecule has 4 nitrogen and oxygen atoms in total. The van der Waals surface area contributed by atoms with Crippen LogP contribution in [-0.2, 0) is 0 Å². The Labute approximate surface area is 120 Å². The Morgan fingerprint density at radius 1 is 1.47 bits per heavy atom. The highest BCUT2D eigenvalue weighted by Crippen LogP contribution is 2.27. The molecule has 1 heterocycles. The van der Waals surface area contributed by atoms with Gasteiger partial charge in [0, 0.05) is 23.6 Å². The van der Waals surface area contributed by atoms with E-state index in [1.165, 1.54) is 0 Å². The van der Waals surface area contributed by atoms with E-state index in [0.717, 1.165) is 21.8 Å². The van der Waals surface area contributed by atoms with Crippen molar-refractivity contribution in [1.82, 2.24) is 10.3 Å². The lowest BCUT2D eigenvalue weighted by Gasteiger charge is -2.12.